The number of nitrogens with one attached hydrogen (secondary N) is 1. The van der Waals surface area contributed by atoms with Crippen LogP contribution in [0.4, 0.5) is 0 Å². The molecule has 102 valence electrons. The molecule has 2 unspecified atom stereocenters. The third-order valence-electron chi connectivity index (χ3n) is 4.37. The first-order chi connectivity index (χ1) is 7.94. The standard InChI is InChI=1S/C15H32N2/c1-6-13(2)16-12-14(3)17-10-7-8-15(4,5)9-11-17/h13-14,16H,6-12H2,1-5H3. The average molecular weight is 240 g/mol. The maximum absolute atomic E-state index is 3.63. The van der Waals surface area contributed by atoms with E-state index in [9.17, 15) is 0 Å². The molecule has 2 atom stereocenters. The summed E-state index contributed by atoms with van der Waals surface area (Å²) in [5, 5.41) is 3.63. The highest BCUT2D eigenvalue weighted by Crippen LogP contribution is 2.30. The Balaban J connectivity index is 2.34. The summed E-state index contributed by atoms with van der Waals surface area (Å²) in [4.78, 5) is 2.67. The molecule has 0 aromatic heterocycles. The van der Waals surface area contributed by atoms with Crippen molar-refractivity contribution < 1.29 is 0 Å². The van der Waals surface area contributed by atoms with E-state index in [1.807, 2.05) is 0 Å². The van der Waals surface area contributed by atoms with Gasteiger partial charge in [0.15, 0.2) is 0 Å². The van der Waals surface area contributed by atoms with Gasteiger partial charge in [0, 0.05) is 18.6 Å². The topological polar surface area (TPSA) is 15.3 Å². The summed E-state index contributed by atoms with van der Waals surface area (Å²) in [6.07, 6.45) is 5.32. The van der Waals surface area contributed by atoms with Crippen LogP contribution in [-0.2, 0) is 0 Å². The van der Waals surface area contributed by atoms with Crippen molar-refractivity contribution in [3.05, 3.63) is 0 Å². The van der Waals surface area contributed by atoms with Crippen LogP contribution in [0.5, 0.6) is 0 Å². The molecule has 1 rings (SSSR count). The fraction of sp³-hybridized carbons (Fsp3) is 1.00. The van der Waals surface area contributed by atoms with Crippen LogP contribution in [0.15, 0.2) is 0 Å². The van der Waals surface area contributed by atoms with Crippen LogP contribution in [0.2, 0.25) is 0 Å². The van der Waals surface area contributed by atoms with Crippen LogP contribution in [0, 0.1) is 5.41 Å². The summed E-state index contributed by atoms with van der Waals surface area (Å²) < 4.78 is 0. The van der Waals surface area contributed by atoms with Crippen molar-refractivity contribution in [3.63, 3.8) is 0 Å². The quantitative estimate of drug-likeness (QED) is 0.793. The van der Waals surface area contributed by atoms with Gasteiger partial charge in [0.05, 0.1) is 0 Å². The molecule has 1 saturated heterocycles. The molecule has 0 radical (unpaired) electrons. The molecule has 2 nitrogen and oxygen atoms in total. The molecule has 17 heavy (non-hydrogen) atoms. The minimum Gasteiger partial charge on any atom is -0.313 e. The second-order valence-corrected chi connectivity index (χ2v) is 6.62. The van der Waals surface area contributed by atoms with Gasteiger partial charge >= 0.3 is 0 Å². The minimum absolute atomic E-state index is 0.554. The van der Waals surface area contributed by atoms with E-state index >= 15 is 0 Å². The van der Waals surface area contributed by atoms with Crippen LogP contribution in [-0.4, -0.2) is 36.6 Å². The fourth-order valence-electron chi connectivity index (χ4n) is 2.53. The van der Waals surface area contributed by atoms with Gasteiger partial charge < -0.3 is 5.32 Å². The Morgan fingerprint density at radius 2 is 1.88 bits per heavy atom. The van der Waals surface area contributed by atoms with Gasteiger partial charge in [-0.25, -0.2) is 0 Å². The zero-order valence-corrected chi connectivity index (χ0v) is 12.6. The van der Waals surface area contributed by atoms with Gasteiger partial charge in [-0.1, -0.05) is 20.8 Å². The predicted octanol–water partition coefficient (Wildman–Crippen LogP) is 3.28. The Morgan fingerprint density at radius 1 is 1.18 bits per heavy atom. The zero-order valence-electron chi connectivity index (χ0n) is 12.6. The fourth-order valence-corrected chi connectivity index (χ4v) is 2.53. The number of hydrogen-bond acceptors (Lipinski definition) is 2. The summed E-state index contributed by atoms with van der Waals surface area (Å²) in [5.41, 5.74) is 0.554. The van der Waals surface area contributed by atoms with Crippen LogP contribution in [0.25, 0.3) is 0 Å². The number of nitrogens with zero attached hydrogens (tertiary/aromatic N) is 1. The molecule has 0 amide bonds. The predicted molar refractivity (Wildman–Crippen MR) is 76.4 cm³/mol. The Bertz CT molecular complexity index is 213. The van der Waals surface area contributed by atoms with Gasteiger partial charge in [-0.15, -0.1) is 0 Å². The second kappa shape index (κ2) is 6.75. The molecule has 1 fully saturated rings. The molecule has 0 bridgehead atoms. The van der Waals surface area contributed by atoms with E-state index in [2.05, 4.69) is 44.8 Å². The van der Waals surface area contributed by atoms with Crippen LogP contribution in [0.1, 0.15) is 60.3 Å². The van der Waals surface area contributed by atoms with Gasteiger partial charge in [0.25, 0.3) is 0 Å². The van der Waals surface area contributed by atoms with Crippen molar-refractivity contribution >= 4 is 0 Å². The van der Waals surface area contributed by atoms with E-state index < -0.39 is 0 Å². The van der Waals surface area contributed by atoms with Crippen LogP contribution >= 0.6 is 0 Å². The van der Waals surface area contributed by atoms with Gasteiger partial charge in [0.2, 0.25) is 0 Å². The molecule has 0 aromatic carbocycles. The number of likely N-dealkylation sites (tertiary alicyclic amines) is 1. The summed E-state index contributed by atoms with van der Waals surface area (Å²) in [5.74, 6) is 0. The Labute approximate surface area is 108 Å². The number of rotatable bonds is 5. The third kappa shape index (κ3) is 5.39. The van der Waals surface area contributed by atoms with Gasteiger partial charge in [-0.3, -0.25) is 4.90 Å². The highest BCUT2D eigenvalue weighted by molar-refractivity contribution is 4.80. The molecule has 1 aliphatic heterocycles. The van der Waals surface area contributed by atoms with E-state index in [4.69, 9.17) is 0 Å². The summed E-state index contributed by atoms with van der Waals surface area (Å²) in [6, 6.07) is 1.33. The van der Waals surface area contributed by atoms with E-state index in [1.54, 1.807) is 0 Å². The van der Waals surface area contributed by atoms with Crippen LogP contribution in [0.3, 0.4) is 0 Å². The maximum Gasteiger partial charge on any atom is 0.0192 e. The van der Waals surface area contributed by atoms with Crippen molar-refractivity contribution in [1.29, 1.82) is 0 Å². The first kappa shape index (κ1) is 15.0. The molecule has 1 heterocycles. The second-order valence-electron chi connectivity index (χ2n) is 6.62. The van der Waals surface area contributed by atoms with Gasteiger partial charge in [0.1, 0.15) is 0 Å². The minimum atomic E-state index is 0.554. The van der Waals surface area contributed by atoms with Crippen molar-refractivity contribution in [2.24, 2.45) is 5.41 Å². The lowest BCUT2D eigenvalue weighted by Crippen LogP contribution is -2.43. The van der Waals surface area contributed by atoms with Crippen LogP contribution < -0.4 is 5.32 Å². The molecular weight excluding hydrogens is 208 g/mol. The third-order valence-corrected chi connectivity index (χ3v) is 4.37. The molecule has 2 heteroatoms. The highest BCUT2D eigenvalue weighted by Gasteiger charge is 2.25. The molecule has 0 aliphatic carbocycles. The molecule has 0 saturated carbocycles. The van der Waals surface area contributed by atoms with E-state index in [-0.39, 0.29) is 0 Å². The molecule has 1 aliphatic rings. The first-order valence-electron chi connectivity index (χ1n) is 7.42. The summed E-state index contributed by atoms with van der Waals surface area (Å²) >= 11 is 0. The normalized spacial score (nSPS) is 25.2. The molecular formula is C15H32N2. The molecule has 0 aromatic rings. The Hall–Kier alpha value is -0.0800. The Kier molecular flexibility index (Phi) is 5.94. The van der Waals surface area contributed by atoms with Gasteiger partial charge in [-0.05, 0) is 58.0 Å². The Morgan fingerprint density at radius 3 is 2.53 bits per heavy atom. The molecule has 1 N–H and O–H groups in total. The lowest BCUT2D eigenvalue weighted by Gasteiger charge is -2.29. The smallest absolute Gasteiger partial charge is 0.0192 e. The highest BCUT2D eigenvalue weighted by atomic mass is 15.2. The largest absolute Gasteiger partial charge is 0.313 e. The van der Waals surface area contributed by atoms with Crippen molar-refractivity contribution in [2.75, 3.05) is 19.6 Å². The lowest BCUT2D eigenvalue weighted by atomic mass is 9.85. The summed E-state index contributed by atoms with van der Waals surface area (Å²) in [6.45, 7) is 15.4. The zero-order chi connectivity index (χ0) is 12.9. The van der Waals surface area contributed by atoms with Crippen molar-refractivity contribution in [2.45, 2.75) is 72.4 Å². The van der Waals surface area contributed by atoms with Crippen molar-refractivity contribution in [1.82, 2.24) is 10.2 Å². The van der Waals surface area contributed by atoms with E-state index in [0.717, 1.165) is 6.54 Å². The van der Waals surface area contributed by atoms with Gasteiger partial charge in [-0.2, -0.15) is 0 Å². The average Bonchev–Trinajstić information content (AvgIpc) is 2.46. The molecule has 0 spiro atoms. The maximum atomic E-state index is 3.63. The lowest BCUT2D eigenvalue weighted by molar-refractivity contribution is 0.199. The van der Waals surface area contributed by atoms with E-state index in [0.29, 0.717) is 17.5 Å². The SMILES string of the molecule is CCC(C)NCC(C)N1CCCC(C)(C)CC1. The summed E-state index contributed by atoms with van der Waals surface area (Å²) in [7, 11) is 0. The first-order valence-corrected chi connectivity index (χ1v) is 7.42. The monoisotopic (exact) mass is 240 g/mol. The number of hydrogen-bond donors (Lipinski definition) is 1. The van der Waals surface area contributed by atoms with Crippen molar-refractivity contribution in [3.8, 4) is 0 Å². The van der Waals surface area contributed by atoms with E-state index in [1.165, 1.54) is 38.8 Å².